The molecule has 44 heavy (non-hydrogen) atoms. The quantitative estimate of drug-likeness (QED) is 0.136. The highest BCUT2D eigenvalue weighted by Gasteiger charge is 2.32. The number of fused-ring (bicyclic) bond motifs is 2. The number of aliphatic carboxylic acids is 1. The van der Waals surface area contributed by atoms with Gasteiger partial charge in [-0.1, -0.05) is 18.2 Å². The van der Waals surface area contributed by atoms with Gasteiger partial charge in [-0.25, -0.2) is 0 Å². The van der Waals surface area contributed by atoms with Crippen LogP contribution in [0.5, 0.6) is 0 Å². The zero-order valence-corrected chi connectivity index (χ0v) is 25.7. The van der Waals surface area contributed by atoms with Crippen molar-refractivity contribution in [3.63, 3.8) is 0 Å². The third-order valence-electron chi connectivity index (χ3n) is 6.82. The number of hydrogen-bond acceptors (Lipinski definition) is 9. The second-order valence-corrected chi connectivity index (χ2v) is 12.5. The van der Waals surface area contributed by atoms with E-state index in [1.807, 2.05) is 0 Å². The maximum Gasteiger partial charge on any atom is 0.303 e. The topological polar surface area (TPSA) is 204 Å². The lowest BCUT2D eigenvalue weighted by Gasteiger charge is -2.23. The van der Waals surface area contributed by atoms with Crippen LogP contribution in [0, 0.1) is 0 Å². The van der Waals surface area contributed by atoms with Gasteiger partial charge in [-0.3, -0.25) is 23.7 Å². The average molecular weight is 646 g/mol. The summed E-state index contributed by atoms with van der Waals surface area (Å²) in [6.07, 6.45) is 0.0486. The van der Waals surface area contributed by atoms with Crippen LogP contribution in [0.4, 0.5) is 5.69 Å². The Kier molecular flexibility index (Phi) is 9.44. The Morgan fingerprint density at radius 3 is 2.23 bits per heavy atom. The lowest BCUT2D eigenvalue weighted by molar-refractivity contribution is -0.137. The lowest BCUT2D eigenvalue weighted by atomic mass is 9.90. The standard InChI is InChI=1S/C29H31N3O10S2/c1-4-30-21-14-12-19-24(17-9-6-7-10-18(17)29(35)32(3)16-8-11-23(33)34)20-13-15-22(31-5-2)28(44(39,40)41)26(20)42-25(19)27(21)43(36,37)38/h6-7,9-10,12-15,30H,4-5,8,11,16H2,1-3H3,(H,33,34)(H,36,37,38)(H,39,40,41)/b31-22-. The third kappa shape index (κ3) is 6.45. The molecule has 0 atom stereocenters. The predicted molar refractivity (Wildman–Crippen MR) is 162 cm³/mol. The van der Waals surface area contributed by atoms with Gasteiger partial charge in [0.15, 0.2) is 21.1 Å². The molecule has 1 heterocycles. The number of hydrogen-bond donors (Lipinski definition) is 4. The Morgan fingerprint density at radius 1 is 0.932 bits per heavy atom. The van der Waals surface area contributed by atoms with E-state index in [-0.39, 0.29) is 71.2 Å². The molecule has 0 unspecified atom stereocenters. The van der Waals surface area contributed by atoms with Crippen molar-refractivity contribution in [3.8, 4) is 22.5 Å². The Hall–Kier alpha value is -4.31. The summed E-state index contributed by atoms with van der Waals surface area (Å²) < 4.78 is 77.6. The van der Waals surface area contributed by atoms with Crippen molar-refractivity contribution < 1.29 is 45.1 Å². The maximum absolute atomic E-state index is 13.7. The minimum Gasteiger partial charge on any atom is -0.481 e. The molecule has 0 bridgehead atoms. The van der Waals surface area contributed by atoms with E-state index in [0.717, 1.165) is 0 Å². The zero-order valence-electron chi connectivity index (χ0n) is 24.1. The molecule has 4 N–H and O–H groups in total. The molecule has 2 aromatic rings. The van der Waals surface area contributed by atoms with E-state index in [1.54, 1.807) is 32.0 Å². The molecule has 234 valence electrons. The average Bonchev–Trinajstić information content (AvgIpc) is 2.94. The molecule has 2 aromatic carbocycles. The van der Waals surface area contributed by atoms with Gasteiger partial charge >= 0.3 is 5.97 Å². The largest absolute Gasteiger partial charge is 0.481 e. The number of benzene rings is 3. The monoisotopic (exact) mass is 645 g/mol. The summed E-state index contributed by atoms with van der Waals surface area (Å²) in [6, 6.07) is 12.1. The first kappa shape index (κ1) is 32.6. The number of anilines is 1. The van der Waals surface area contributed by atoms with Crippen molar-refractivity contribution >= 4 is 48.8 Å². The minimum absolute atomic E-state index is 0.0260. The summed E-state index contributed by atoms with van der Waals surface area (Å²) in [7, 11) is -8.50. The zero-order chi connectivity index (χ0) is 32.4. The van der Waals surface area contributed by atoms with Crippen LogP contribution >= 0.6 is 0 Å². The number of carboxylic acid groups (broad SMARTS) is 1. The molecule has 1 aliphatic heterocycles. The van der Waals surface area contributed by atoms with Crippen molar-refractivity contribution in [2.24, 2.45) is 4.99 Å². The van der Waals surface area contributed by atoms with Gasteiger partial charge < -0.3 is 19.7 Å². The molecule has 1 amide bonds. The first-order chi connectivity index (χ1) is 20.7. The highest BCUT2D eigenvalue weighted by molar-refractivity contribution is 7.86. The van der Waals surface area contributed by atoms with Gasteiger partial charge in [0.1, 0.15) is 0 Å². The van der Waals surface area contributed by atoms with Crippen molar-refractivity contribution in [3.05, 3.63) is 59.5 Å². The van der Waals surface area contributed by atoms with E-state index < -0.39 is 53.2 Å². The van der Waals surface area contributed by atoms with Crippen LogP contribution in [0.25, 0.3) is 33.4 Å². The fourth-order valence-corrected chi connectivity index (χ4v) is 6.63. The van der Waals surface area contributed by atoms with Gasteiger partial charge in [-0.2, -0.15) is 16.8 Å². The van der Waals surface area contributed by atoms with Crippen molar-refractivity contribution in [2.75, 3.05) is 32.0 Å². The number of nitrogens with zero attached hydrogens (tertiary/aromatic N) is 2. The van der Waals surface area contributed by atoms with Gasteiger partial charge in [0.05, 0.1) is 11.0 Å². The van der Waals surface area contributed by atoms with Gasteiger partial charge in [-0.05, 0) is 56.2 Å². The molecule has 0 saturated carbocycles. The predicted octanol–water partition coefficient (Wildman–Crippen LogP) is 3.99. The molecule has 0 saturated heterocycles. The number of rotatable bonds is 11. The minimum atomic E-state index is -5.01. The van der Waals surface area contributed by atoms with E-state index in [9.17, 15) is 35.5 Å². The second kappa shape index (κ2) is 12.7. The van der Waals surface area contributed by atoms with Crippen molar-refractivity contribution in [1.82, 2.24) is 4.90 Å². The number of amides is 1. The summed E-state index contributed by atoms with van der Waals surface area (Å²) >= 11 is 0. The molecule has 0 spiro atoms. The lowest BCUT2D eigenvalue weighted by Crippen LogP contribution is -2.28. The van der Waals surface area contributed by atoms with Gasteiger partial charge in [0.2, 0.25) is 0 Å². The number of carboxylic acids is 1. The molecular formula is C29H31N3O10S2. The van der Waals surface area contributed by atoms with Crippen molar-refractivity contribution in [2.45, 2.75) is 36.5 Å². The van der Waals surface area contributed by atoms with E-state index in [1.165, 1.54) is 42.3 Å². The molecule has 1 aliphatic carbocycles. The number of nitrogens with one attached hydrogen (secondary N) is 1. The van der Waals surface area contributed by atoms with Crippen LogP contribution in [-0.4, -0.2) is 74.5 Å². The molecule has 15 heteroatoms. The number of carbonyl (C=O) groups excluding carboxylic acids is 1. The molecule has 0 aromatic heterocycles. The molecule has 13 nitrogen and oxygen atoms in total. The van der Waals surface area contributed by atoms with Gasteiger partial charge in [0, 0.05) is 55.2 Å². The summed E-state index contributed by atoms with van der Waals surface area (Å²) in [6.45, 7) is 3.87. The van der Waals surface area contributed by atoms with Gasteiger partial charge in [0.25, 0.3) is 26.1 Å². The van der Waals surface area contributed by atoms with E-state index in [4.69, 9.17) is 9.52 Å². The van der Waals surface area contributed by atoms with E-state index >= 15 is 0 Å². The summed E-state index contributed by atoms with van der Waals surface area (Å²) in [5.41, 5.74) is 0.230. The van der Waals surface area contributed by atoms with Crippen LogP contribution in [0.2, 0.25) is 0 Å². The van der Waals surface area contributed by atoms with Crippen LogP contribution in [0.1, 0.15) is 37.0 Å². The highest BCUT2D eigenvalue weighted by Crippen LogP contribution is 2.46. The smallest absolute Gasteiger partial charge is 0.303 e. The fourth-order valence-electron chi connectivity index (χ4n) is 5.04. The second-order valence-electron chi connectivity index (χ2n) is 9.81. The van der Waals surface area contributed by atoms with Crippen LogP contribution in [0.15, 0.2) is 67.7 Å². The fraction of sp³-hybridized carbons (Fsp3) is 0.276. The van der Waals surface area contributed by atoms with Gasteiger partial charge in [-0.15, -0.1) is 0 Å². The SMILES string of the molecule is CC/N=c1/ccc2c(-c3ccccc3C(=O)N(C)CCCC(=O)O)c3ccc(NCC)c(S(=O)(=O)O)c3oc-2c1S(=O)(=O)O. The Morgan fingerprint density at radius 2 is 1.61 bits per heavy atom. The molecule has 2 aliphatic rings. The first-order valence-corrected chi connectivity index (χ1v) is 16.4. The number of carbonyl (C=O) groups is 2. The van der Waals surface area contributed by atoms with Crippen molar-refractivity contribution in [1.29, 1.82) is 0 Å². The van der Waals surface area contributed by atoms with Crippen LogP contribution in [-0.2, 0) is 25.0 Å². The van der Waals surface area contributed by atoms with E-state index in [0.29, 0.717) is 0 Å². The summed E-state index contributed by atoms with van der Waals surface area (Å²) in [5, 5.41) is 11.8. The Labute approximate surface area is 253 Å². The van der Waals surface area contributed by atoms with Crippen LogP contribution in [0.3, 0.4) is 0 Å². The van der Waals surface area contributed by atoms with E-state index in [2.05, 4.69) is 10.3 Å². The summed E-state index contributed by atoms with van der Waals surface area (Å²) in [5.74, 6) is -1.94. The third-order valence-corrected chi connectivity index (χ3v) is 8.65. The molecule has 0 radical (unpaired) electrons. The Balaban J connectivity index is 2.20. The summed E-state index contributed by atoms with van der Waals surface area (Å²) in [4.78, 5) is 28.8. The molecule has 0 fully saturated rings. The van der Waals surface area contributed by atoms with Crippen LogP contribution < -0.4 is 10.7 Å². The normalized spacial score (nSPS) is 12.5. The molecule has 4 rings (SSSR count). The first-order valence-electron chi connectivity index (χ1n) is 13.5. The maximum atomic E-state index is 13.7. The molecular weight excluding hydrogens is 614 g/mol. The Bertz CT molecular complexity index is 2020. The highest BCUT2D eigenvalue weighted by atomic mass is 32.2.